The molecule has 0 saturated carbocycles. The van der Waals surface area contributed by atoms with Crippen LogP contribution in [0.1, 0.15) is 42.9 Å². The van der Waals surface area contributed by atoms with Crippen molar-refractivity contribution in [3.8, 4) is 0 Å². The first kappa shape index (κ1) is 22.4. The summed E-state index contributed by atoms with van der Waals surface area (Å²) in [4.78, 5) is 14.9. The van der Waals surface area contributed by atoms with Gasteiger partial charge in [0, 0.05) is 6.54 Å². The standard InChI is InChI=1S/C22H28FN3O3S/c1-16(18-10-11-19(23)21(14-18)30(28,29)24-2)22(27)25-20(15-26-12-6-7-13-26)17-8-4-3-5-9-17/h3-5,8-11,14,16,20,24H,6-7,12-13,15H2,1-2H3,(H,25,27). The van der Waals surface area contributed by atoms with Crippen LogP contribution in [-0.2, 0) is 14.8 Å². The maximum atomic E-state index is 14.1. The van der Waals surface area contributed by atoms with Gasteiger partial charge in [0.15, 0.2) is 0 Å². The Labute approximate surface area is 177 Å². The van der Waals surface area contributed by atoms with Crippen LogP contribution < -0.4 is 10.0 Å². The van der Waals surface area contributed by atoms with E-state index in [1.54, 1.807) is 6.92 Å². The number of halogens is 1. The van der Waals surface area contributed by atoms with Crippen molar-refractivity contribution in [2.24, 2.45) is 0 Å². The number of likely N-dealkylation sites (tertiary alicyclic amines) is 1. The number of nitrogens with zero attached hydrogens (tertiary/aromatic N) is 1. The average Bonchev–Trinajstić information content (AvgIpc) is 3.26. The number of amides is 1. The van der Waals surface area contributed by atoms with E-state index in [1.165, 1.54) is 19.2 Å². The topological polar surface area (TPSA) is 78.5 Å². The molecule has 0 radical (unpaired) electrons. The van der Waals surface area contributed by atoms with Gasteiger partial charge in [-0.2, -0.15) is 0 Å². The van der Waals surface area contributed by atoms with Crippen LogP contribution in [0.3, 0.4) is 0 Å². The third-order valence-corrected chi connectivity index (χ3v) is 6.99. The number of carbonyl (C=O) groups is 1. The second-order valence-electron chi connectivity index (χ2n) is 7.60. The molecule has 2 N–H and O–H groups in total. The fraction of sp³-hybridized carbons (Fsp3) is 0.409. The molecular formula is C22H28FN3O3S. The molecule has 1 aliphatic rings. The predicted octanol–water partition coefficient (Wildman–Crippen LogP) is 2.79. The maximum Gasteiger partial charge on any atom is 0.243 e. The molecule has 0 bridgehead atoms. The Morgan fingerprint density at radius 1 is 1.10 bits per heavy atom. The van der Waals surface area contributed by atoms with Gasteiger partial charge in [-0.05, 0) is 63.2 Å². The number of sulfonamides is 1. The molecular weight excluding hydrogens is 405 g/mol. The van der Waals surface area contributed by atoms with Crippen LogP contribution in [0.4, 0.5) is 4.39 Å². The number of hydrogen-bond donors (Lipinski definition) is 2. The largest absolute Gasteiger partial charge is 0.347 e. The normalized spacial score (nSPS) is 16.9. The Morgan fingerprint density at radius 3 is 2.40 bits per heavy atom. The van der Waals surface area contributed by atoms with Gasteiger partial charge in [-0.1, -0.05) is 36.4 Å². The first-order valence-corrected chi connectivity index (χ1v) is 11.6. The quantitative estimate of drug-likeness (QED) is 0.671. The lowest BCUT2D eigenvalue weighted by Gasteiger charge is -2.26. The molecule has 1 aliphatic heterocycles. The van der Waals surface area contributed by atoms with Crippen LogP contribution >= 0.6 is 0 Å². The number of rotatable bonds is 8. The van der Waals surface area contributed by atoms with Crippen LogP contribution in [0.25, 0.3) is 0 Å². The van der Waals surface area contributed by atoms with E-state index in [-0.39, 0.29) is 11.9 Å². The van der Waals surface area contributed by atoms with Gasteiger partial charge in [-0.25, -0.2) is 17.5 Å². The van der Waals surface area contributed by atoms with Crippen molar-refractivity contribution in [2.45, 2.75) is 36.6 Å². The van der Waals surface area contributed by atoms with Gasteiger partial charge >= 0.3 is 0 Å². The summed E-state index contributed by atoms with van der Waals surface area (Å²) >= 11 is 0. The lowest BCUT2D eigenvalue weighted by atomic mass is 9.98. The molecule has 30 heavy (non-hydrogen) atoms. The molecule has 0 aliphatic carbocycles. The zero-order valence-electron chi connectivity index (χ0n) is 17.3. The molecule has 8 heteroatoms. The molecule has 2 aromatic rings. The lowest BCUT2D eigenvalue weighted by molar-refractivity contribution is -0.123. The minimum Gasteiger partial charge on any atom is -0.347 e. The molecule has 2 aromatic carbocycles. The van der Waals surface area contributed by atoms with Gasteiger partial charge < -0.3 is 10.2 Å². The first-order chi connectivity index (χ1) is 14.3. The number of nitrogens with one attached hydrogen (secondary N) is 2. The van der Waals surface area contributed by atoms with Gasteiger partial charge in [0.1, 0.15) is 10.7 Å². The number of benzene rings is 2. The third kappa shape index (κ3) is 5.24. The molecule has 1 fully saturated rings. The van der Waals surface area contributed by atoms with Crippen molar-refractivity contribution < 1.29 is 17.6 Å². The molecule has 0 aromatic heterocycles. The molecule has 2 atom stereocenters. The first-order valence-electron chi connectivity index (χ1n) is 10.1. The van der Waals surface area contributed by atoms with Crippen LogP contribution in [0.5, 0.6) is 0 Å². The number of carbonyl (C=O) groups excluding carboxylic acids is 1. The summed E-state index contributed by atoms with van der Waals surface area (Å²) in [5.74, 6) is -1.72. The molecule has 3 rings (SSSR count). The van der Waals surface area contributed by atoms with Gasteiger partial charge in [0.05, 0.1) is 12.0 Å². The third-order valence-electron chi connectivity index (χ3n) is 5.56. The number of hydrogen-bond acceptors (Lipinski definition) is 4. The van der Waals surface area contributed by atoms with E-state index in [0.717, 1.165) is 37.6 Å². The van der Waals surface area contributed by atoms with Crippen molar-refractivity contribution in [1.29, 1.82) is 0 Å². The molecule has 0 spiro atoms. The Bertz CT molecular complexity index is 976. The smallest absolute Gasteiger partial charge is 0.243 e. The van der Waals surface area contributed by atoms with Crippen LogP contribution in [0.15, 0.2) is 53.4 Å². The van der Waals surface area contributed by atoms with Gasteiger partial charge in [-0.3, -0.25) is 4.79 Å². The SMILES string of the molecule is CNS(=O)(=O)c1cc(C(C)C(=O)NC(CN2CCCC2)c2ccccc2)ccc1F. The van der Waals surface area contributed by atoms with Crippen molar-refractivity contribution in [3.63, 3.8) is 0 Å². The Hall–Kier alpha value is -2.29. The Balaban J connectivity index is 1.81. The monoisotopic (exact) mass is 433 g/mol. The minimum absolute atomic E-state index is 0.180. The average molecular weight is 434 g/mol. The summed E-state index contributed by atoms with van der Waals surface area (Å²) in [5, 5.41) is 3.11. The van der Waals surface area contributed by atoms with Crippen LogP contribution in [0, 0.1) is 5.82 Å². The van der Waals surface area contributed by atoms with E-state index < -0.39 is 26.7 Å². The zero-order chi connectivity index (χ0) is 21.7. The molecule has 1 amide bonds. The van der Waals surface area contributed by atoms with E-state index in [9.17, 15) is 17.6 Å². The van der Waals surface area contributed by atoms with Gasteiger partial charge in [0.2, 0.25) is 15.9 Å². The van der Waals surface area contributed by atoms with E-state index >= 15 is 0 Å². The molecule has 1 saturated heterocycles. The highest BCUT2D eigenvalue weighted by atomic mass is 32.2. The molecule has 162 valence electrons. The second kappa shape index (κ2) is 9.68. The van der Waals surface area contributed by atoms with Crippen LogP contribution in [0.2, 0.25) is 0 Å². The van der Waals surface area contributed by atoms with Crippen molar-refractivity contribution in [2.75, 3.05) is 26.7 Å². The van der Waals surface area contributed by atoms with Crippen molar-refractivity contribution in [3.05, 3.63) is 65.5 Å². The highest BCUT2D eigenvalue weighted by Gasteiger charge is 2.25. The van der Waals surface area contributed by atoms with E-state index in [1.807, 2.05) is 30.3 Å². The maximum absolute atomic E-state index is 14.1. The van der Waals surface area contributed by atoms with Gasteiger partial charge in [0.25, 0.3) is 0 Å². The van der Waals surface area contributed by atoms with Crippen molar-refractivity contribution >= 4 is 15.9 Å². The summed E-state index contributed by atoms with van der Waals surface area (Å²) in [7, 11) is -2.73. The Kier molecular flexibility index (Phi) is 7.23. The Morgan fingerprint density at radius 2 is 1.77 bits per heavy atom. The second-order valence-corrected chi connectivity index (χ2v) is 9.45. The zero-order valence-corrected chi connectivity index (χ0v) is 18.1. The van der Waals surface area contributed by atoms with Crippen LogP contribution in [-0.4, -0.2) is 45.9 Å². The fourth-order valence-electron chi connectivity index (χ4n) is 3.70. The fourth-order valence-corrected chi connectivity index (χ4v) is 4.53. The summed E-state index contributed by atoms with van der Waals surface area (Å²) in [6.45, 7) is 4.43. The highest BCUT2D eigenvalue weighted by molar-refractivity contribution is 7.89. The summed E-state index contributed by atoms with van der Waals surface area (Å²) in [5.41, 5.74) is 1.46. The van der Waals surface area contributed by atoms with E-state index in [0.29, 0.717) is 12.1 Å². The van der Waals surface area contributed by atoms with E-state index in [4.69, 9.17) is 0 Å². The molecule has 6 nitrogen and oxygen atoms in total. The highest BCUT2D eigenvalue weighted by Crippen LogP contribution is 2.24. The predicted molar refractivity (Wildman–Crippen MR) is 114 cm³/mol. The summed E-state index contributed by atoms with van der Waals surface area (Å²) in [6, 6.07) is 13.4. The van der Waals surface area contributed by atoms with Crippen molar-refractivity contribution in [1.82, 2.24) is 14.9 Å². The summed E-state index contributed by atoms with van der Waals surface area (Å²) in [6.07, 6.45) is 2.31. The van der Waals surface area contributed by atoms with Gasteiger partial charge in [-0.15, -0.1) is 0 Å². The summed E-state index contributed by atoms with van der Waals surface area (Å²) < 4.78 is 40.3. The molecule has 2 unspecified atom stereocenters. The van der Waals surface area contributed by atoms with E-state index in [2.05, 4.69) is 14.9 Å². The molecule has 1 heterocycles. The minimum atomic E-state index is -3.96. The lowest BCUT2D eigenvalue weighted by Crippen LogP contribution is -2.38.